The van der Waals surface area contributed by atoms with E-state index in [-0.39, 0.29) is 17.9 Å². The lowest BCUT2D eigenvalue weighted by Crippen LogP contribution is -2.31. The van der Waals surface area contributed by atoms with Gasteiger partial charge in [0.1, 0.15) is 6.04 Å². The van der Waals surface area contributed by atoms with Gasteiger partial charge in [0.15, 0.2) is 5.11 Å². The van der Waals surface area contributed by atoms with E-state index in [0.717, 1.165) is 6.42 Å². The van der Waals surface area contributed by atoms with E-state index in [1.54, 1.807) is 31.2 Å². The second-order valence-corrected chi connectivity index (χ2v) is 6.27. The predicted molar refractivity (Wildman–Crippen MR) is 102 cm³/mol. The summed E-state index contributed by atoms with van der Waals surface area (Å²) in [4.78, 5) is 25.8. The molecule has 0 radical (unpaired) electrons. The molecule has 6 heteroatoms. The molecule has 1 saturated heterocycles. The van der Waals surface area contributed by atoms with Crippen LogP contribution in [0.3, 0.4) is 0 Å². The van der Waals surface area contributed by atoms with Gasteiger partial charge in [-0.1, -0.05) is 30.3 Å². The number of anilines is 1. The molecule has 1 heterocycles. The van der Waals surface area contributed by atoms with Crippen LogP contribution in [0.25, 0.3) is 0 Å². The molecule has 3 rings (SSSR count). The van der Waals surface area contributed by atoms with Crippen molar-refractivity contribution in [2.75, 3.05) is 11.4 Å². The third kappa shape index (κ3) is 3.85. The van der Waals surface area contributed by atoms with E-state index in [1.807, 2.05) is 30.3 Å². The summed E-state index contributed by atoms with van der Waals surface area (Å²) in [5, 5.41) is 6.21. The molecule has 1 aliphatic heterocycles. The van der Waals surface area contributed by atoms with Crippen molar-refractivity contribution in [2.45, 2.75) is 19.4 Å². The SMILES string of the molecule is C[C@H]1NC(=S)N(c2ccc(C(=O)NCCc3ccccc3)cc2)C1=O. The van der Waals surface area contributed by atoms with Gasteiger partial charge in [0, 0.05) is 12.1 Å². The lowest BCUT2D eigenvalue weighted by Gasteiger charge is -2.15. The lowest BCUT2D eigenvalue weighted by atomic mass is 10.1. The van der Waals surface area contributed by atoms with E-state index >= 15 is 0 Å². The molecule has 2 N–H and O–H groups in total. The number of amides is 2. The van der Waals surface area contributed by atoms with Crippen LogP contribution in [0.15, 0.2) is 54.6 Å². The Labute approximate surface area is 152 Å². The lowest BCUT2D eigenvalue weighted by molar-refractivity contribution is -0.117. The minimum absolute atomic E-state index is 0.0925. The molecular weight excluding hydrogens is 334 g/mol. The normalized spacial score (nSPS) is 16.7. The molecule has 0 aliphatic carbocycles. The van der Waals surface area contributed by atoms with Gasteiger partial charge in [-0.05, 0) is 55.4 Å². The third-order valence-electron chi connectivity index (χ3n) is 4.06. The van der Waals surface area contributed by atoms with Gasteiger partial charge in [0.25, 0.3) is 11.8 Å². The molecule has 1 fully saturated rings. The third-order valence-corrected chi connectivity index (χ3v) is 4.36. The predicted octanol–water partition coefficient (Wildman–Crippen LogP) is 2.27. The number of rotatable bonds is 5. The topological polar surface area (TPSA) is 61.4 Å². The van der Waals surface area contributed by atoms with E-state index in [0.29, 0.717) is 22.9 Å². The molecule has 0 unspecified atom stereocenters. The van der Waals surface area contributed by atoms with E-state index < -0.39 is 0 Å². The standard InChI is InChI=1S/C19H19N3O2S/c1-13-18(24)22(19(25)21-13)16-9-7-15(8-10-16)17(23)20-12-11-14-5-3-2-4-6-14/h2-10,13H,11-12H2,1H3,(H,20,23)(H,21,25)/t13-/m1/s1. The maximum absolute atomic E-state index is 12.2. The fraction of sp³-hybridized carbons (Fsp3) is 0.211. The average Bonchev–Trinajstić information content (AvgIpc) is 2.88. The first-order chi connectivity index (χ1) is 12.1. The highest BCUT2D eigenvalue weighted by molar-refractivity contribution is 7.80. The summed E-state index contributed by atoms with van der Waals surface area (Å²) >= 11 is 5.18. The Morgan fingerprint density at radius 1 is 1.16 bits per heavy atom. The van der Waals surface area contributed by atoms with Crippen LogP contribution >= 0.6 is 12.2 Å². The van der Waals surface area contributed by atoms with Crippen molar-refractivity contribution in [1.82, 2.24) is 10.6 Å². The molecule has 128 valence electrons. The van der Waals surface area contributed by atoms with Gasteiger partial charge in [-0.3, -0.25) is 14.5 Å². The van der Waals surface area contributed by atoms with Crippen molar-refractivity contribution in [1.29, 1.82) is 0 Å². The Balaban J connectivity index is 1.59. The van der Waals surface area contributed by atoms with Crippen molar-refractivity contribution in [3.63, 3.8) is 0 Å². The zero-order chi connectivity index (χ0) is 17.8. The van der Waals surface area contributed by atoms with Crippen LogP contribution in [0.4, 0.5) is 5.69 Å². The Morgan fingerprint density at radius 3 is 2.44 bits per heavy atom. The van der Waals surface area contributed by atoms with Crippen LogP contribution in [0, 0.1) is 0 Å². The smallest absolute Gasteiger partial charge is 0.255 e. The Bertz CT molecular complexity index is 790. The van der Waals surface area contributed by atoms with Crippen molar-refractivity contribution in [3.05, 3.63) is 65.7 Å². The molecule has 0 aromatic heterocycles. The fourth-order valence-electron chi connectivity index (χ4n) is 2.68. The summed E-state index contributed by atoms with van der Waals surface area (Å²) in [5.74, 6) is -0.227. The Morgan fingerprint density at radius 2 is 1.84 bits per heavy atom. The van der Waals surface area contributed by atoms with E-state index in [9.17, 15) is 9.59 Å². The van der Waals surface area contributed by atoms with Crippen LogP contribution in [-0.4, -0.2) is 29.5 Å². The van der Waals surface area contributed by atoms with Gasteiger partial charge < -0.3 is 10.6 Å². The number of hydrogen-bond donors (Lipinski definition) is 2. The van der Waals surface area contributed by atoms with E-state index in [1.165, 1.54) is 10.5 Å². The zero-order valence-corrected chi connectivity index (χ0v) is 14.7. The van der Waals surface area contributed by atoms with Crippen LogP contribution in [0.2, 0.25) is 0 Å². The number of nitrogens with one attached hydrogen (secondary N) is 2. The highest BCUT2D eigenvalue weighted by Crippen LogP contribution is 2.20. The first kappa shape index (κ1) is 17.1. The number of nitrogens with zero attached hydrogens (tertiary/aromatic N) is 1. The molecule has 25 heavy (non-hydrogen) atoms. The Hall–Kier alpha value is -2.73. The van der Waals surface area contributed by atoms with Crippen molar-refractivity contribution in [3.8, 4) is 0 Å². The van der Waals surface area contributed by atoms with Crippen molar-refractivity contribution >= 4 is 34.8 Å². The first-order valence-electron chi connectivity index (χ1n) is 8.13. The maximum atomic E-state index is 12.2. The van der Waals surface area contributed by atoms with Crippen LogP contribution in [-0.2, 0) is 11.2 Å². The number of thiocarbonyl (C=S) groups is 1. The van der Waals surface area contributed by atoms with Crippen molar-refractivity contribution in [2.24, 2.45) is 0 Å². The number of carbonyl (C=O) groups is 2. The minimum atomic E-state index is -0.325. The first-order valence-corrected chi connectivity index (χ1v) is 8.54. The average molecular weight is 353 g/mol. The fourth-order valence-corrected chi connectivity index (χ4v) is 3.05. The molecule has 0 bridgehead atoms. The van der Waals surface area contributed by atoms with Gasteiger partial charge >= 0.3 is 0 Å². The number of carbonyl (C=O) groups excluding carboxylic acids is 2. The summed E-state index contributed by atoms with van der Waals surface area (Å²) in [6, 6.07) is 16.5. The minimum Gasteiger partial charge on any atom is -0.352 e. The van der Waals surface area contributed by atoms with Crippen LogP contribution in [0.5, 0.6) is 0 Å². The second-order valence-electron chi connectivity index (χ2n) is 5.88. The molecule has 1 aliphatic rings. The van der Waals surface area contributed by atoms with Gasteiger partial charge in [-0.2, -0.15) is 0 Å². The molecule has 1 atom stereocenters. The second kappa shape index (κ2) is 7.44. The van der Waals surface area contributed by atoms with Gasteiger partial charge in [-0.25, -0.2) is 0 Å². The summed E-state index contributed by atoms with van der Waals surface area (Å²) in [6.07, 6.45) is 0.783. The summed E-state index contributed by atoms with van der Waals surface area (Å²) < 4.78 is 0. The van der Waals surface area contributed by atoms with Crippen molar-refractivity contribution < 1.29 is 9.59 Å². The largest absolute Gasteiger partial charge is 0.352 e. The highest BCUT2D eigenvalue weighted by Gasteiger charge is 2.33. The highest BCUT2D eigenvalue weighted by atomic mass is 32.1. The summed E-state index contributed by atoms with van der Waals surface area (Å²) in [6.45, 7) is 2.34. The monoisotopic (exact) mass is 353 g/mol. The van der Waals surface area contributed by atoms with Gasteiger partial charge in [0.05, 0.1) is 5.69 Å². The van der Waals surface area contributed by atoms with Gasteiger partial charge in [-0.15, -0.1) is 0 Å². The molecule has 2 aromatic rings. The van der Waals surface area contributed by atoms with E-state index in [2.05, 4.69) is 10.6 Å². The molecule has 0 saturated carbocycles. The quantitative estimate of drug-likeness (QED) is 0.810. The molecule has 2 aromatic carbocycles. The van der Waals surface area contributed by atoms with Crippen LogP contribution in [0.1, 0.15) is 22.8 Å². The Kier molecular flexibility index (Phi) is 5.09. The molecule has 5 nitrogen and oxygen atoms in total. The summed E-state index contributed by atoms with van der Waals surface area (Å²) in [5.41, 5.74) is 2.39. The maximum Gasteiger partial charge on any atom is 0.255 e. The summed E-state index contributed by atoms with van der Waals surface area (Å²) in [7, 11) is 0. The zero-order valence-electron chi connectivity index (χ0n) is 13.9. The number of hydrogen-bond acceptors (Lipinski definition) is 3. The molecule has 0 spiro atoms. The van der Waals surface area contributed by atoms with Gasteiger partial charge in [0.2, 0.25) is 0 Å². The molecule has 2 amide bonds. The van der Waals surface area contributed by atoms with Crippen LogP contribution < -0.4 is 15.5 Å². The number of benzene rings is 2. The molecular formula is C19H19N3O2S. The van der Waals surface area contributed by atoms with E-state index in [4.69, 9.17) is 12.2 Å².